The van der Waals surface area contributed by atoms with Gasteiger partial charge in [0, 0.05) is 18.3 Å². The number of hydrogen-bond donors (Lipinski definition) is 3. The van der Waals surface area contributed by atoms with E-state index in [0.29, 0.717) is 24.1 Å². The van der Waals surface area contributed by atoms with E-state index in [-0.39, 0.29) is 11.8 Å². The Labute approximate surface area is 118 Å². The zero-order valence-electron chi connectivity index (χ0n) is 12.0. The molecule has 2 rings (SSSR count). The lowest BCUT2D eigenvalue weighted by molar-refractivity contribution is -0.121. The van der Waals surface area contributed by atoms with E-state index in [4.69, 9.17) is 5.73 Å². The molecule has 0 saturated heterocycles. The maximum absolute atomic E-state index is 12.3. The van der Waals surface area contributed by atoms with E-state index in [1.165, 1.54) is 0 Å². The van der Waals surface area contributed by atoms with Gasteiger partial charge < -0.3 is 16.4 Å². The predicted molar refractivity (Wildman–Crippen MR) is 78.6 cm³/mol. The normalized spacial score (nSPS) is 16.8. The zero-order valence-corrected chi connectivity index (χ0v) is 12.0. The molecule has 5 heteroatoms. The van der Waals surface area contributed by atoms with Crippen LogP contribution in [0.1, 0.15) is 41.6 Å². The fourth-order valence-electron chi connectivity index (χ4n) is 2.63. The Hall–Kier alpha value is -1.88. The largest absolute Gasteiger partial charge is 0.355 e. The Bertz CT molecular complexity index is 534. The molecule has 20 heavy (non-hydrogen) atoms. The summed E-state index contributed by atoms with van der Waals surface area (Å²) >= 11 is 0. The number of benzene rings is 1. The third kappa shape index (κ3) is 2.67. The van der Waals surface area contributed by atoms with Crippen molar-refractivity contribution in [2.45, 2.75) is 38.1 Å². The van der Waals surface area contributed by atoms with Crippen LogP contribution in [-0.2, 0) is 4.79 Å². The van der Waals surface area contributed by atoms with Gasteiger partial charge in [0.1, 0.15) is 0 Å². The van der Waals surface area contributed by atoms with Crippen molar-refractivity contribution in [2.24, 2.45) is 5.73 Å². The lowest BCUT2D eigenvalue weighted by Crippen LogP contribution is -2.48. The molecular weight excluding hydrogens is 254 g/mol. The lowest BCUT2D eigenvalue weighted by atomic mass is 9.97. The molecule has 1 aromatic carbocycles. The van der Waals surface area contributed by atoms with Crippen LogP contribution in [0.15, 0.2) is 18.2 Å². The van der Waals surface area contributed by atoms with Gasteiger partial charge >= 0.3 is 0 Å². The second-order valence-corrected chi connectivity index (χ2v) is 5.37. The highest BCUT2D eigenvalue weighted by Crippen LogP contribution is 2.29. The molecule has 0 aromatic heterocycles. The average molecular weight is 275 g/mol. The van der Waals surface area contributed by atoms with E-state index in [1.807, 2.05) is 6.92 Å². The molecule has 0 aliphatic heterocycles. The summed E-state index contributed by atoms with van der Waals surface area (Å²) in [6.07, 6.45) is 3.41. The highest BCUT2D eigenvalue weighted by atomic mass is 16.2. The maximum atomic E-state index is 12.3. The summed E-state index contributed by atoms with van der Waals surface area (Å²) in [5, 5.41) is 5.46. The van der Waals surface area contributed by atoms with Gasteiger partial charge in [-0.15, -0.1) is 0 Å². The summed E-state index contributed by atoms with van der Waals surface area (Å²) in [6.45, 7) is 1.82. The summed E-state index contributed by atoms with van der Waals surface area (Å²) in [5.41, 5.74) is 7.32. The highest BCUT2D eigenvalue weighted by molar-refractivity contribution is 6.01. The number of amides is 2. The molecule has 1 aromatic rings. The van der Waals surface area contributed by atoms with Gasteiger partial charge in [0.2, 0.25) is 5.91 Å². The smallest absolute Gasteiger partial charge is 0.251 e. The molecule has 4 N–H and O–H groups in total. The first-order chi connectivity index (χ1) is 9.48. The third-order valence-electron chi connectivity index (χ3n) is 4.00. The van der Waals surface area contributed by atoms with E-state index in [0.717, 1.165) is 18.4 Å². The molecular formula is C15H21N3O2. The van der Waals surface area contributed by atoms with Crippen molar-refractivity contribution >= 4 is 17.5 Å². The molecule has 1 aliphatic carbocycles. The van der Waals surface area contributed by atoms with Crippen LogP contribution in [-0.4, -0.2) is 24.4 Å². The standard InChI is InChI=1S/C15H21N3O2/c1-10-11(13(19)17-2)6-5-7-12(10)18-14(20)15(16)8-3-4-9-15/h5-7H,3-4,8-9,16H2,1-2H3,(H,17,19)(H,18,20). The number of carbonyl (C=O) groups is 2. The molecule has 2 amide bonds. The molecule has 0 bridgehead atoms. The van der Waals surface area contributed by atoms with Crippen molar-refractivity contribution in [3.05, 3.63) is 29.3 Å². The molecule has 1 fully saturated rings. The van der Waals surface area contributed by atoms with Gasteiger partial charge in [0.25, 0.3) is 5.91 Å². The minimum Gasteiger partial charge on any atom is -0.355 e. The molecule has 0 radical (unpaired) electrons. The van der Waals surface area contributed by atoms with Gasteiger partial charge in [-0.1, -0.05) is 18.9 Å². The van der Waals surface area contributed by atoms with Crippen molar-refractivity contribution in [3.8, 4) is 0 Å². The number of anilines is 1. The Balaban J connectivity index is 2.22. The molecule has 1 saturated carbocycles. The molecule has 0 unspecified atom stereocenters. The number of nitrogens with two attached hydrogens (primary N) is 1. The summed E-state index contributed by atoms with van der Waals surface area (Å²) in [6, 6.07) is 5.28. The molecule has 5 nitrogen and oxygen atoms in total. The number of nitrogens with one attached hydrogen (secondary N) is 2. The van der Waals surface area contributed by atoms with Gasteiger partial charge in [0.05, 0.1) is 5.54 Å². The van der Waals surface area contributed by atoms with Crippen LogP contribution >= 0.6 is 0 Å². The number of carbonyl (C=O) groups excluding carboxylic acids is 2. The third-order valence-corrected chi connectivity index (χ3v) is 4.00. The van der Waals surface area contributed by atoms with E-state index in [2.05, 4.69) is 10.6 Å². The quantitative estimate of drug-likeness (QED) is 0.782. The van der Waals surface area contributed by atoms with Crippen molar-refractivity contribution in [1.82, 2.24) is 5.32 Å². The summed E-state index contributed by atoms with van der Waals surface area (Å²) in [4.78, 5) is 24.0. The first-order valence-electron chi connectivity index (χ1n) is 6.90. The predicted octanol–water partition coefficient (Wildman–Crippen LogP) is 1.56. The summed E-state index contributed by atoms with van der Waals surface area (Å²) in [5.74, 6) is -0.325. The van der Waals surface area contributed by atoms with Gasteiger partial charge in [-0.25, -0.2) is 0 Å². The monoisotopic (exact) mass is 275 g/mol. The van der Waals surface area contributed by atoms with Crippen LogP contribution in [0.4, 0.5) is 5.69 Å². The van der Waals surface area contributed by atoms with Crippen LogP contribution in [0.5, 0.6) is 0 Å². The van der Waals surface area contributed by atoms with Crippen LogP contribution < -0.4 is 16.4 Å². The first kappa shape index (κ1) is 14.5. The van der Waals surface area contributed by atoms with Crippen LogP contribution in [0.2, 0.25) is 0 Å². The lowest BCUT2D eigenvalue weighted by Gasteiger charge is -2.23. The highest BCUT2D eigenvalue weighted by Gasteiger charge is 2.37. The second-order valence-electron chi connectivity index (χ2n) is 5.37. The van der Waals surface area contributed by atoms with Crippen LogP contribution in [0.25, 0.3) is 0 Å². The minimum absolute atomic E-state index is 0.160. The molecule has 0 atom stereocenters. The van der Waals surface area contributed by atoms with Crippen LogP contribution in [0.3, 0.4) is 0 Å². The van der Waals surface area contributed by atoms with Gasteiger partial charge in [-0.05, 0) is 37.5 Å². The summed E-state index contributed by atoms with van der Waals surface area (Å²) < 4.78 is 0. The Morgan fingerprint density at radius 2 is 1.90 bits per heavy atom. The Kier molecular flexibility index (Phi) is 4.09. The number of hydrogen-bond acceptors (Lipinski definition) is 3. The topological polar surface area (TPSA) is 84.2 Å². The van der Waals surface area contributed by atoms with Crippen LogP contribution in [0, 0.1) is 6.92 Å². The van der Waals surface area contributed by atoms with E-state index >= 15 is 0 Å². The average Bonchev–Trinajstić information content (AvgIpc) is 2.88. The molecule has 1 aliphatic rings. The summed E-state index contributed by atoms with van der Waals surface area (Å²) in [7, 11) is 1.58. The van der Waals surface area contributed by atoms with E-state index in [9.17, 15) is 9.59 Å². The molecule has 0 spiro atoms. The van der Waals surface area contributed by atoms with E-state index in [1.54, 1.807) is 25.2 Å². The van der Waals surface area contributed by atoms with Gasteiger partial charge in [-0.3, -0.25) is 9.59 Å². The van der Waals surface area contributed by atoms with Gasteiger partial charge in [0.15, 0.2) is 0 Å². The minimum atomic E-state index is -0.768. The Morgan fingerprint density at radius 3 is 2.50 bits per heavy atom. The fourth-order valence-corrected chi connectivity index (χ4v) is 2.63. The zero-order chi connectivity index (χ0) is 14.8. The molecule has 0 heterocycles. The van der Waals surface area contributed by atoms with Gasteiger partial charge in [-0.2, -0.15) is 0 Å². The first-order valence-corrected chi connectivity index (χ1v) is 6.90. The fraction of sp³-hybridized carbons (Fsp3) is 0.467. The SMILES string of the molecule is CNC(=O)c1cccc(NC(=O)C2(N)CCCC2)c1C. The maximum Gasteiger partial charge on any atom is 0.251 e. The Morgan fingerprint density at radius 1 is 1.25 bits per heavy atom. The van der Waals surface area contributed by atoms with Crippen molar-refractivity contribution in [2.75, 3.05) is 12.4 Å². The van der Waals surface area contributed by atoms with E-state index < -0.39 is 5.54 Å². The number of rotatable bonds is 3. The molecule has 108 valence electrons. The van der Waals surface area contributed by atoms with Crippen molar-refractivity contribution in [1.29, 1.82) is 0 Å². The second kappa shape index (κ2) is 5.63. The van der Waals surface area contributed by atoms with Crippen molar-refractivity contribution < 1.29 is 9.59 Å². The van der Waals surface area contributed by atoms with Crippen molar-refractivity contribution in [3.63, 3.8) is 0 Å².